The predicted molar refractivity (Wildman–Crippen MR) is 94.4 cm³/mol. The Morgan fingerprint density at radius 3 is 2.22 bits per heavy atom. The van der Waals surface area contributed by atoms with Gasteiger partial charge in [-0.05, 0) is 19.1 Å². The Bertz CT molecular complexity index is 713. The van der Waals surface area contributed by atoms with Gasteiger partial charge >= 0.3 is 0 Å². The van der Waals surface area contributed by atoms with Crippen LogP contribution < -0.4 is 0 Å². The van der Waals surface area contributed by atoms with E-state index in [-0.39, 0.29) is 5.91 Å². The zero-order valence-corrected chi connectivity index (χ0v) is 14.2. The van der Waals surface area contributed by atoms with Crippen LogP contribution in [0.2, 0.25) is 0 Å². The molecule has 23 heavy (non-hydrogen) atoms. The van der Waals surface area contributed by atoms with Crippen LogP contribution in [0.3, 0.4) is 0 Å². The summed E-state index contributed by atoms with van der Waals surface area (Å²) in [5.41, 5.74) is 2.27. The van der Waals surface area contributed by atoms with E-state index in [1.165, 1.54) is 5.56 Å². The van der Waals surface area contributed by atoms with Gasteiger partial charge in [0, 0.05) is 38.7 Å². The summed E-state index contributed by atoms with van der Waals surface area (Å²) in [7, 11) is 0. The molecular formula is C18H20N2O2S. The van der Waals surface area contributed by atoms with Gasteiger partial charge in [0.25, 0.3) is 0 Å². The van der Waals surface area contributed by atoms with Crippen LogP contribution in [0.15, 0.2) is 40.8 Å². The maximum atomic E-state index is 11.4. The van der Waals surface area contributed by atoms with Gasteiger partial charge in [-0.25, -0.2) is 0 Å². The van der Waals surface area contributed by atoms with Crippen LogP contribution in [-0.2, 0) is 4.79 Å². The van der Waals surface area contributed by atoms with Crippen LogP contribution in [-0.4, -0.2) is 46.9 Å². The molecule has 0 saturated carbocycles. The molecule has 5 heteroatoms. The lowest BCUT2D eigenvalue weighted by Gasteiger charge is -2.35. The third kappa shape index (κ3) is 3.45. The topological polar surface area (TPSA) is 36.7 Å². The van der Waals surface area contributed by atoms with Crippen LogP contribution in [0.4, 0.5) is 0 Å². The molecule has 1 amide bonds. The largest absolute Gasteiger partial charge is 0.454 e. The second-order valence-corrected chi connectivity index (χ2v) is 6.21. The highest BCUT2D eigenvalue weighted by atomic mass is 32.1. The van der Waals surface area contributed by atoms with Crippen LogP contribution in [0.5, 0.6) is 0 Å². The molecule has 2 heterocycles. The quantitative estimate of drug-likeness (QED) is 0.794. The molecule has 3 rings (SSSR count). The highest BCUT2D eigenvalue weighted by molar-refractivity contribution is 7.80. The molecule has 0 radical (unpaired) electrons. The maximum absolute atomic E-state index is 11.4. The molecule has 0 spiro atoms. The predicted octanol–water partition coefficient (Wildman–Crippen LogP) is 3.09. The minimum Gasteiger partial charge on any atom is -0.454 e. The number of aryl methyl sites for hydroxylation is 1. The zero-order chi connectivity index (χ0) is 16.4. The molecular weight excluding hydrogens is 308 g/mol. The van der Waals surface area contributed by atoms with Crippen molar-refractivity contribution in [2.75, 3.05) is 26.2 Å². The van der Waals surface area contributed by atoms with Gasteiger partial charge in [-0.2, -0.15) is 0 Å². The van der Waals surface area contributed by atoms with Crippen molar-refractivity contribution in [1.82, 2.24) is 9.80 Å². The lowest BCUT2D eigenvalue weighted by Crippen LogP contribution is -2.49. The molecule has 1 fully saturated rings. The summed E-state index contributed by atoms with van der Waals surface area (Å²) in [5, 5.41) is 0. The number of hydrogen-bond acceptors (Lipinski definition) is 3. The molecule has 0 atom stereocenters. The first kappa shape index (κ1) is 15.7. The van der Waals surface area contributed by atoms with E-state index < -0.39 is 0 Å². The Morgan fingerprint density at radius 2 is 1.61 bits per heavy atom. The van der Waals surface area contributed by atoms with Crippen molar-refractivity contribution in [2.45, 2.75) is 13.8 Å². The van der Waals surface area contributed by atoms with E-state index in [4.69, 9.17) is 16.6 Å². The maximum Gasteiger partial charge on any atom is 0.219 e. The Labute approximate surface area is 141 Å². The van der Waals surface area contributed by atoms with E-state index in [1.54, 1.807) is 6.92 Å². The molecule has 2 aromatic rings. The fourth-order valence-corrected chi connectivity index (χ4v) is 3.00. The first-order valence-electron chi connectivity index (χ1n) is 7.76. The highest BCUT2D eigenvalue weighted by Gasteiger charge is 2.22. The van der Waals surface area contributed by atoms with Gasteiger partial charge in [0.1, 0.15) is 10.7 Å². The second kappa shape index (κ2) is 6.54. The molecule has 120 valence electrons. The van der Waals surface area contributed by atoms with Crippen molar-refractivity contribution in [1.29, 1.82) is 0 Å². The van der Waals surface area contributed by atoms with Crippen molar-refractivity contribution < 1.29 is 9.21 Å². The zero-order valence-electron chi connectivity index (χ0n) is 13.4. The molecule has 0 N–H and O–H groups in total. The summed E-state index contributed by atoms with van der Waals surface area (Å²) in [6.07, 6.45) is 0. The summed E-state index contributed by atoms with van der Waals surface area (Å²) >= 11 is 5.56. The first-order chi connectivity index (χ1) is 11.0. The van der Waals surface area contributed by atoms with Crippen LogP contribution in [0.1, 0.15) is 18.2 Å². The Hall–Kier alpha value is -2.14. The molecule has 4 nitrogen and oxygen atoms in total. The van der Waals surface area contributed by atoms with Crippen LogP contribution in [0, 0.1) is 6.92 Å². The van der Waals surface area contributed by atoms with Crippen molar-refractivity contribution in [3.05, 3.63) is 47.7 Å². The smallest absolute Gasteiger partial charge is 0.219 e. The van der Waals surface area contributed by atoms with E-state index in [0.717, 1.165) is 24.4 Å². The lowest BCUT2D eigenvalue weighted by molar-refractivity contribution is -0.130. The number of hydrogen-bond donors (Lipinski definition) is 0. The monoisotopic (exact) mass is 328 g/mol. The van der Waals surface area contributed by atoms with Gasteiger partial charge in [0.15, 0.2) is 5.76 Å². The number of benzene rings is 1. The van der Waals surface area contributed by atoms with E-state index in [9.17, 15) is 4.79 Å². The van der Waals surface area contributed by atoms with Crippen molar-refractivity contribution in [3.63, 3.8) is 0 Å². The van der Waals surface area contributed by atoms with Crippen molar-refractivity contribution in [3.8, 4) is 11.3 Å². The number of rotatable bonds is 2. The summed E-state index contributed by atoms with van der Waals surface area (Å²) in [4.78, 5) is 16.0. The molecule has 0 bridgehead atoms. The Balaban J connectivity index is 1.69. The van der Waals surface area contributed by atoms with Gasteiger partial charge in [0.2, 0.25) is 5.91 Å². The molecule has 1 aliphatic rings. The summed E-state index contributed by atoms with van der Waals surface area (Å²) < 4.78 is 5.94. The van der Waals surface area contributed by atoms with Gasteiger partial charge < -0.3 is 14.2 Å². The number of thiocarbonyl (C=S) groups is 1. The number of furan rings is 1. The number of piperazine rings is 1. The third-order valence-corrected chi connectivity index (χ3v) is 4.62. The van der Waals surface area contributed by atoms with E-state index >= 15 is 0 Å². The average Bonchev–Trinajstić information content (AvgIpc) is 3.05. The molecule has 0 aliphatic carbocycles. The fraction of sp³-hybridized carbons (Fsp3) is 0.333. The minimum absolute atomic E-state index is 0.121. The summed E-state index contributed by atoms with van der Waals surface area (Å²) in [5.74, 6) is 1.66. The van der Waals surface area contributed by atoms with E-state index in [1.807, 2.05) is 29.2 Å². The van der Waals surface area contributed by atoms with Crippen molar-refractivity contribution >= 4 is 23.1 Å². The third-order valence-electron chi connectivity index (χ3n) is 4.17. The second-order valence-electron chi connectivity index (χ2n) is 5.83. The number of nitrogens with zero attached hydrogens (tertiary/aromatic N) is 2. The standard InChI is InChI=1S/C18H20N2O2S/c1-13-3-5-15(6-4-13)16-7-8-17(22-16)18(23)20-11-9-19(10-12-20)14(2)21/h3-8H,9-12H2,1-2H3. The first-order valence-corrected chi connectivity index (χ1v) is 8.17. The Morgan fingerprint density at radius 1 is 1.00 bits per heavy atom. The van der Waals surface area contributed by atoms with Gasteiger partial charge in [0.05, 0.1) is 0 Å². The van der Waals surface area contributed by atoms with Gasteiger partial charge in [-0.1, -0.05) is 42.0 Å². The summed E-state index contributed by atoms with van der Waals surface area (Å²) in [6, 6.07) is 12.1. The van der Waals surface area contributed by atoms with Gasteiger partial charge in [-0.15, -0.1) is 0 Å². The lowest BCUT2D eigenvalue weighted by atomic mass is 10.1. The average molecular weight is 328 g/mol. The van der Waals surface area contributed by atoms with E-state index in [2.05, 4.69) is 24.0 Å². The number of carbonyl (C=O) groups is 1. The summed E-state index contributed by atoms with van der Waals surface area (Å²) in [6.45, 7) is 6.58. The van der Waals surface area contributed by atoms with Crippen LogP contribution in [0.25, 0.3) is 11.3 Å². The molecule has 1 aromatic heterocycles. The fourth-order valence-electron chi connectivity index (χ4n) is 2.71. The highest BCUT2D eigenvalue weighted by Crippen LogP contribution is 2.24. The number of carbonyl (C=O) groups excluding carboxylic acids is 1. The SMILES string of the molecule is CC(=O)N1CCN(C(=S)c2ccc(-c3ccc(C)cc3)o2)CC1. The van der Waals surface area contributed by atoms with Crippen molar-refractivity contribution in [2.24, 2.45) is 0 Å². The minimum atomic E-state index is 0.121. The Kier molecular flexibility index (Phi) is 4.48. The number of amides is 1. The molecule has 1 aromatic carbocycles. The van der Waals surface area contributed by atoms with E-state index in [0.29, 0.717) is 23.8 Å². The van der Waals surface area contributed by atoms with Gasteiger partial charge in [-0.3, -0.25) is 4.79 Å². The normalized spacial score (nSPS) is 14.9. The molecule has 0 unspecified atom stereocenters. The molecule has 1 aliphatic heterocycles. The molecule has 1 saturated heterocycles. The van der Waals surface area contributed by atoms with Crippen LogP contribution >= 0.6 is 12.2 Å².